The lowest BCUT2D eigenvalue weighted by molar-refractivity contribution is -0.135. The second-order valence-corrected chi connectivity index (χ2v) is 7.77. The fourth-order valence-corrected chi connectivity index (χ4v) is 4.74. The van der Waals surface area contributed by atoms with E-state index in [4.69, 9.17) is 4.74 Å². The largest absolute Gasteiger partial charge is 0.373 e. The Balaban J connectivity index is 1.24. The van der Waals surface area contributed by atoms with E-state index in [1.807, 2.05) is 18.2 Å². The predicted octanol–water partition coefficient (Wildman–Crippen LogP) is 2.77. The van der Waals surface area contributed by atoms with Crippen LogP contribution in [0.5, 0.6) is 0 Å². The molecule has 24 heavy (non-hydrogen) atoms. The van der Waals surface area contributed by atoms with Gasteiger partial charge in [-0.25, -0.2) is 0 Å². The second-order valence-electron chi connectivity index (χ2n) is 7.77. The molecule has 4 nitrogen and oxygen atoms in total. The summed E-state index contributed by atoms with van der Waals surface area (Å²) in [7, 11) is 0. The molecular weight excluding hydrogens is 300 g/mol. The molecule has 2 aliphatic heterocycles. The molecule has 1 aliphatic carbocycles. The van der Waals surface area contributed by atoms with Gasteiger partial charge in [-0.15, -0.1) is 0 Å². The molecule has 3 aliphatic rings. The van der Waals surface area contributed by atoms with Gasteiger partial charge in [-0.05, 0) is 44.1 Å². The van der Waals surface area contributed by atoms with Gasteiger partial charge in [-0.2, -0.15) is 0 Å². The molecule has 0 aromatic heterocycles. The van der Waals surface area contributed by atoms with E-state index >= 15 is 0 Å². The molecule has 0 unspecified atom stereocenters. The topological polar surface area (TPSA) is 50.4 Å². The highest BCUT2D eigenvalue weighted by Crippen LogP contribution is 2.46. The van der Waals surface area contributed by atoms with Crippen molar-refractivity contribution in [1.82, 2.24) is 10.6 Å². The summed E-state index contributed by atoms with van der Waals surface area (Å²) in [5.74, 6) is 0.274. The van der Waals surface area contributed by atoms with Gasteiger partial charge in [0.2, 0.25) is 5.91 Å². The van der Waals surface area contributed by atoms with Gasteiger partial charge in [-0.3, -0.25) is 4.79 Å². The van der Waals surface area contributed by atoms with E-state index < -0.39 is 0 Å². The minimum Gasteiger partial charge on any atom is -0.373 e. The summed E-state index contributed by atoms with van der Waals surface area (Å²) in [4.78, 5) is 12.9. The van der Waals surface area contributed by atoms with Gasteiger partial charge >= 0.3 is 0 Å². The summed E-state index contributed by atoms with van der Waals surface area (Å²) in [5, 5.41) is 6.93. The molecule has 2 saturated heterocycles. The Morgan fingerprint density at radius 1 is 1.29 bits per heavy atom. The van der Waals surface area contributed by atoms with Crippen LogP contribution in [0.1, 0.15) is 51.0 Å². The first-order valence-corrected chi connectivity index (χ1v) is 9.42. The highest BCUT2D eigenvalue weighted by Gasteiger charge is 2.54. The summed E-state index contributed by atoms with van der Waals surface area (Å²) in [6.07, 6.45) is 6.51. The molecule has 0 spiro atoms. The Morgan fingerprint density at radius 2 is 2.08 bits per heavy atom. The lowest BCUT2D eigenvalue weighted by Gasteiger charge is -2.40. The third-order valence-electron chi connectivity index (χ3n) is 6.36. The number of carbonyl (C=O) groups is 1. The van der Waals surface area contributed by atoms with Crippen LogP contribution in [-0.2, 0) is 16.1 Å². The summed E-state index contributed by atoms with van der Waals surface area (Å²) in [6, 6.07) is 11.5. The summed E-state index contributed by atoms with van der Waals surface area (Å²) in [6.45, 7) is 2.83. The number of rotatable bonds is 6. The fraction of sp³-hybridized carbons (Fsp3) is 0.650. The molecule has 4 rings (SSSR count). The van der Waals surface area contributed by atoms with E-state index in [9.17, 15) is 4.79 Å². The fourth-order valence-electron chi connectivity index (χ4n) is 4.74. The number of ether oxygens (including phenoxy) is 1. The van der Waals surface area contributed by atoms with Gasteiger partial charge in [0, 0.05) is 18.1 Å². The molecule has 3 fully saturated rings. The third-order valence-corrected chi connectivity index (χ3v) is 6.36. The van der Waals surface area contributed by atoms with Crippen molar-refractivity contribution in [3.63, 3.8) is 0 Å². The third kappa shape index (κ3) is 2.86. The highest BCUT2D eigenvalue weighted by atomic mass is 16.5. The number of amides is 1. The normalized spacial score (nSPS) is 37.2. The zero-order valence-corrected chi connectivity index (χ0v) is 14.5. The molecule has 2 bridgehead atoms. The smallest absolute Gasteiger partial charge is 0.228 e. The minimum atomic E-state index is -0.168. The molecule has 2 heterocycles. The Bertz CT molecular complexity index is 585. The number of benzene rings is 1. The van der Waals surface area contributed by atoms with Crippen LogP contribution in [0.15, 0.2) is 30.3 Å². The highest BCUT2D eigenvalue weighted by molar-refractivity contribution is 5.84. The van der Waals surface area contributed by atoms with Crippen molar-refractivity contribution in [2.45, 2.75) is 76.3 Å². The van der Waals surface area contributed by atoms with Gasteiger partial charge < -0.3 is 15.4 Å². The molecule has 1 amide bonds. The van der Waals surface area contributed by atoms with Crippen molar-refractivity contribution in [2.24, 2.45) is 5.41 Å². The van der Waals surface area contributed by atoms with E-state index in [2.05, 4.69) is 29.7 Å². The lowest BCUT2D eigenvalue weighted by atomic mass is 9.70. The van der Waals surface area contributed by atoms with Gasteiger partial charge in [0.05, 0.1) is 18.1 Å². The molecule has 1 aromatic carbocycles. The van der Waals surface area contributed by atoms with Gasteiger partial charge in [0.25, 0.3) is 0 Å². The number of hydrogen-bond donors (Lipinski definition) is 2. The van der Waals surface area contributed by atoms with Crippen LogP contribution in [-0.4, -0.2) is 30.1 Å². The summed E-state index contributed by atoms with van der Waals surface area (Å²) in [5.41, 5.74) is 1.04. The standard InChI is InChI=1S/C20H28N2O2/c1-2-20(12-15-8-9-18(20)21-15)19(23)22-16-10-17(11-16)24-13-14-6-4-3-5-7-14/h3-7,15-18,21H,2,8-13H2,1H3,(H,22,23)/t15-,16?,17?,18+,20+/m1/s1. The van der Waals surface area contributed by atoms with Gasteiger partial charge in [0.1, 0.15) is 0 Å². The maximum absolute atomic E-state index is 12.9. The summed E-state index contributed by atoms with van der Waals surface area (Å²) >= 11 is 0. The molecule has 2 N–H and O–H groups in total. The SMILES string of the molecule is CC[C@]1(C(=O)NC2CC(OCc3ccccc3)C2)C[C@H]2CC[C@@H]1N2. The van der Waals surface area contributed by atoms with E-state index in [1.54, 1.807) is 0 Å². The van der Waals surface area contributed by atoms with Crippen LogP contribution >= 0.6 is 0 Å². The van der Waals surface area contributed by atoms with Crippen molar-refractivity contribution in [2.75, 3.05) is 0 Å². The molecule has 0 radical (unpaired) electrons. The van der Waals surface area contributed by atoms with Crippen LogP contribution < -0.4 is 10.6 Å². The minimum absolute atomic E-state index is 0.168. The lowest BCUT2D eigenvalue weighted by Crippen LogP contribution is -2.55. The van der Waals surface area contributed by atoms with E-state index in [0.29, 0.717) is 24.7 Å². The zero-order chi connectivity index (χ0) is 16.6. The Kier molecular flexibility index (Phi) is 4.35. The van der Waals surface area contributed by atoms with Crippen molar-refractivity contribution < 1.29 is 9.53 Å². The number of fused-ring (bicyclic) bond motifs is 2. The Hall–Kier alpha value is -1.39. The average molecular weight is 328 g/mol. The van der Waals surface area contributed by atoms with Crippen LogP contribution in [0.3, 0.4) is 0 Å². The van der Waals surface area contributed by atoms with Crippen molar-refractivity contribution in [3.8, 4) is 0 Å². The number of carbonyl (C=O) groups excluding carboxylic acids is 1. The van der Waals surface area contributed by atoms with Gasteiger partial charge in [0.15, 0.2) is 0 Å². The number of nitrogens with one attached hydrogen (secondary N) is 2. The second kappa shape index (κ2) is 6.49. The summed E-state index contributed by atoms with van der Waals surface area (Å²) < 4.78 is 5.94. The molecule has 1 aromatic rings. The molecule has 3 atom stereocenters. The van der Waals surface area contributed by atoms with Crippen molar-refractivity contribution in [3.05, 3.63) is 35.9 Å². The Morgan fingerprint density at radius 3 is 2.71 bits per heavy atom. The average Bonchev–Trinajstić information content (AvgIpc) is 3.19. The van der Waals surface area contributed by atoms with E-state index in [-0.39, 0.29) is 17.4 Å². The predicted molar refractivity (Wildman–Crippen MR) is 93.5 cm³/mol. The maximum atomic E-state index is 12.9. The van der Waals surface area contributed by atoms with Crippen molar-refractivity contribution in [1.29, 1.82) is 0 Å². The first-order valence-electron chi connectivity index (χ1n) is 9.42. The van der Waals surface area contributed by atoms with E-state index in [1.165, 1.54) is 12.0 Å². The van der Waals surface area contributed by atoms with Crippen molar-refractivity contribution >= 4 is 5.91 Å². The van der Waals surface area contributed by atoms with E-state index in [0.717, 1.165) is 32.1 Å². The van der Waals surface area contributed by atoms with Crippen LogP contribution in [0.2, 0.25) is 0 Å². The molecule has 4 heteroatoms. The maximum Gasteiger partial charge on any atom is 0.228 e. The van der Waals surface area contributed by atoms with Crippen LogP contribution in [0.25, 0.3) is 0 Å². The molecule has 130 valence electrons. The quantitative estimate of drug-likeness (QED) is 0.844. The first kappa shape index (κ1) is 16.1. The number of hydrogen-bond acceptors (Lipinski definition) is 3. The Labute approximate surface area is 144 Å². The monoisotopic (exact) mass is 328 g/mol. The van der Waals surface area contributed by atoms with Crippen LogP contribution in [0.4, 0.5) is 0 Å². The van der Waals surface area contributed by atoms with Crippen LogP contribution in [0, 0.1) is 5.41 Å². The van der Waals surface area contributed by atoms with Gasteiger partial charge in [-0.1, -0.05) is 37.3 Å². The molecule has 1 saturated carbocycles. The zero-order valence-electron chi connectivity index (χ0n) is 14.5. The molecular formula is C20H28N2O2. The first-order chi connectivity index (χ1) is 11.7.